The molecule has 4 rings (SSSR count). The number of nitrogens with one attached hydrogen (secondary N) is 4. The number of hydrogen-bond donors (Lipinski definition) is 4. The Balaban J connectivity index is 1.31. The summed E-state index contributed by atoms with van der Waals surface area (Å²) < 4.78 is 41.6. The van der Waals surface area contributed by atoms with E-state index in [4.69, 9.17) is 11.6 Å². The molecule has 4 N–H and O–H groups in total. The summed E-state index contributed by atoms with van der Waals surface area (Å²) in [6.07, 6.45) is -5.59. The number of fused-ring (bicyclic) bond motifs is 1. The molecule has 0 aliphatic rings. The van der Waals surface area contributed by atoms with Gasteiger partial charge in [0.05, 0.1) is 30.0 Å². The zero-order valence-corrected chi connectivity index (χ0v) is 23.8. The zero-order chi connectivity index (χ0) is 31.7. The van der Waals surface area contributed by atoms with Gasteiger partial charge in [-0.1, -0.05) is 60.1 Å². The van der Waals surface area contributed by atoms with E-state index in [1.165, 1.54) is 0 Å². The fourth-order valence-electron chi connectivity index (χ4n) is 4.18. The van der Waals surface area contributed by atoms with Crippen LogP contribution < -0.4 is 16.0 Å². The average molecular weight is 630 g/mol. The van der Waals surface area contributed by atoms with Crippen molar-refractivity contribution in [1.29, 1.82) is 0 Å². The highest BCUT2D eigenvalue weighted by molar-refractivity contribution is 6.30. The standard InChI is InChI=1S/C30H27ClF3N5O5/c31-21-13-11-19(12-14-21)18-7-9-20(10-8-18)24(16-27(42)44-28(43)30(32,33)34)37-26(41)17-36-25(40)6-3-15-35-29-38-22-4-1-2-5-23(22)39-29/h1-2,4-5,7-14,24H,3,6,15-17H2,(H,36,40)(H,37,41)(H2,35,38,39). The van der Waals surface area contributed by atoms with Crippen LogP contribution >= 0.6 is 11.6 Å². The van der Waals surface area contributed by atoms with Crippen LogP contribution in [-0.2, 0) is 23.9 Å². The molecule has 0 radical (unpaired) electrons. The number of amides is 2. The van der Waals surface area contributed by atoms with E-state index < -0.39 is 48.9 Å². The Morgan fingerprint density at radius 3 is 2.23 bits per heavy atom. The van der Waals surface area contributed by atoms with Crippen LogP contribution in [0, 0.1) is 0 Å². The molecule has 1 unspecified atom stereocenters. The summed E-state index contributed by atoms with van der Waals surface area (Å²) in [6, 6.07) is 19.8. The molecule has 0 saturated heterocycles. The van der Waals surface area contributed by atoms with Crippen LogP contribution in [0.1, 0.15) is 30.9 Å². The Kier molecular flexibility index (Phi) is 10.6. The van der Waals surface area contributed by atoms with Crippen molar-refractivity contribution in [2.75, 3.05) is 18.4 Å². The number of carbonyl (C=O) groups is 4. The first-order chi connectivity index (χ1) is 21.0. The lowest BCUT2D eigenvalue weighted by molar-refractivity contribution is -0.202. The Morgan fingerprint density at radius 2 is 1.57 bits per heavy atom. The number of halogens is 4. The maximum Gasteiger partial charge on any atom is 0.491 e. The second-order valence-electron chi connectivity index (χ2n) is 9.62. The number of esters is 2. The number of para-hydroxylation sites is 2. The molecular weight excluding hydrogens is 603 g/mol. The Morgan fingerprint density at radius 1 is 0.909 bits per heavy atom. The average Bonchev–Trinajstić information content (AvgIpc) is 3.41. The predicted molar refractivity (Wildman–Crippen MR) is 156 cm³/mol. The quantitative estimate of drug-likeness (QED) is 0.0974. The predicted octanol–water partition coefficient (Wildman–Crippen LogP) is 5.07. The largest absolute Gasteiger partial charge is 0.491 e. The number of carbonyl (C=O) groups excluding carboxylic acids is 4. The van der Waals surface area contributed by atoms with Crippen molar-refractivity contribution in [3.8, 4) is 11.1 Å². The summed E-state index contributed by atoms with van der Waals surface area (Å²) >= 11 is 5.93. The number of alkyl halides is 3. The molecule has 1 aromatic heterocycles. The Labute approximate surface area is 254 Å². The lowest BCUT2D eigenvalue weighted by Crippen LogP contribution is -2.39. The molecule has 0 aliphatic carbocycles. The first kappa shape index (κ1) is 32.0. The van der Waals surface area contributed by atoms with Gasteiger partial charge in [0.1, 0.15) is 0 Å². The topological polar surface area (TPSA) is 142 Å². The number of aromatic amines is 1. The number of anilines is 1. The molecule has 14 heteroatoms. The maximum absolute atomic E-state index is 12.7. The van der Waals surface area contributed by atoms with E-state index in [-0.39, 0.29) is 6.42 Å². The maximum atomic E-state index is 12.7. The number of H-pyrrole nitrogens is 1. The fourth-order valence-corrected chi connectivity index (χ4v) is 4.30. The zero-order valence-electron chi connectivity index (χ0n) is 23.0. The monoisotopic (exact) mass is 629 g/mol. The number of nitrogens with zero attached hydrogens (tertiary/aromatic N) is 1. The molecule has 2 amide bonds. The van der Waals surface area contributed by atoms with Crippen molar-refractivity contribution in [3.63, 3.8) is 0 Å². The third kappa shape index (κ3) is 9.30. The van der Waals surface area contributed by atoms with Crippen LogP contribution in [0.2, 0.25) is 5.02 Å². The summed E-state index contributed by atoms with van der Waals surface area (Å²) in [5.41, 5.74) is 3.62. The van der Waals surface area contributed by atoms with Crippen LogP contribution in [0.3, 0.4) is 0 Å². The van der Waals surface area contributed by atoms with Gasteiger partial charge in [-0.3, -0.25) is 14.4 Å². The minimum absolute atomic E-state index is 0.0992. The highest BCUT2D eigenvalue weighted by atomic mass is 35.5. The van der Waals surface area contributed by atoms with Gasteiger partial charge in [-0.25, -0.2) is 9.78 Å². The van der Waals surface area contributed by atoms with Crippen LogP contribution in [0.4, 0.5) is 19.1 Å². The molecule has 0 spiro atoms. The normalized spacial score (nSPS) is 11.9. The van der Waals surface area contributed by atoms with Crippen molar-refractivity contribution in [2.24, 2.45) is 0 Å². The fraction of sp³-hybridized carbons (Fsp3) is 0.233. The lowest BCUT2D eigenvalue weighted by atomic mass is 9.99. The molecule has 1 atom stereocenters. The number of aromatic nitrogens is 2. The van der Waals surface area contributed by atoms with E-state index in [0.717, 1.165) is 22.2 Å². The Bertz CT molecular complexity index is 1590. The third-order valence-electron chi connectivity index (χ3n) is 6.34. The minimum atomic E-state index is -5.36. The smallest absolute Gasteiger partial charge is 0.386 e. The van der Waals surface area contributed by atoms with E-state index in [1.54, 1.807) is 48.5 Å². The lowest BCUT2D eigenvalue weighted by Gasteiger charge is -2.19. The molecule has 0 bridgehead atoms. The first-order valence-electron chi connectivity index (χ1n) is 13.4. The summed E-state index contributed by atoms with van der Waals surface area (Å²) in [5, 5.41) is 8.61. The van der Waals surface area contributed by atoms with Crippen molar-refractivity contribution >= 4 is 52.3 Å². The molecule has 230 valence electrons. The van der Waals surface area contributed by atoms with E-state index in [2.05, 4.69) is 30.7 Å². The van der Waals surface area contributed by atoms with E-state index in [1.807, 2.05) is 24.3 Å². The summed E-state index contributed by atoms with van der Waals surface area (Å²) in [6.45, 7) is -0.0159. The van der Waals surface area contributed by atoms with Gasteiger partial charge in [-0.05, 0) is 47.4 Å². The summed E-state index contributed by atoms with van der Waals surface area (Å²) in [7, 11) is 0. The summed E-state index contributed by atoms with van der Waals surface area (Å²) in [5.74, 6) is -4.70. The second kappa shape index (κ2) is 14.5. The molecule has 0 aliphatic heterocycles. The number of benzene rings is 3. The third-order valence-corrected chi connectivity index (χ3v) is 6.60. The van der Waals surface area contributed by atoms with E-state index in [0.29, 0.717) is 29.5 Å². The van der Waals surface area contributed by atoms with Gasteiger partial charge in [0, 0.05) is 18.0 Å². The van der Waals surface area contributed by atoms with E-state index >= 15 is 0 Å². The molecule has 3 aromatic carbocycles. The van der Waals surface area contributed by atoms with Crippen LogP contribution in [0.5, 0.6) is 0 Å². The molecule has 0 fully saturated rings. The molecule has 1 heterocycles. The molecule has 10 nitrogen and oxygen atoms in total. The highest BCUT2D eigenvalue weighted by Crippen LogP contribution is 2.26. The highest BCUT2D eigenvalue weighted by Gasteiger charge is 2.42. The van der Waals surface area contributed by atoms with Gasteiger partial charge in [-0.15, -0.1) is 0 Å². The van der Waals surface area contributed by atoms with Crippen LogP contribution in [-0.4, -0.2) is 53.0 Å². The molecule has 0 saturated carbocycles. The van der Waals surface area contributed by atoms with Gasteiger partial charge in [0.2, 0.25) is 17.8 Å². The van der Waals surface area contributed by atoms with Crippen molar-refractivity contribution in [3.05, 3.63) is 83.4 Å². The van der Waals surface area contributed by atoms with E-state index in [9.17, 15) is 32.3 Å². The molecular formula is C30H27ClF3N5O5. The summed E-state index contributed by atoms with van der Waals surface area (Å²) in [4.78, 5) is 55.7. The number of rotatable bonds is 12. The van der Waals surface area contributed by atoms with Gasteiger partial charge >= 0.3 is 18.1 Å². The van der Waals surface area contributed by atoms with Gasteiger partial charge < -0.3 is 25.7 Å². The van der Waals surface area contributed by atoms with Crippen molar-refractivity contribution in [1.82, 2.24) is 20.6 Å². The van der Waals surface area contributed by atoms with Gasteiger partial charge in [0.25, 0.3) is 0 Å². The number of imidazole rings is 1. The van der Waals surface area contributed by atoms with Crippen LogP contribution in [0.25, 0.3) is 22.2 Å². The number of hydrogen-bond acceptors (Lipinski definition) is 7. The molecule has 44 heavy (non-hydrogen) atoms. The first-order valence-corrected chi connectivity index (χ1v) is 13.8. The van der Waals surface area contributed by atoms with Gasteiger partial charge in [0.15, 0.2) is 0 Å². The van der Waals surface area contributed by atoms with Crippen molar-refractivity contribution in [2.45, 2.75) is 31.5 Å². The van der Waals surface area contributed by atoms with Crippen LogP contribution in [0.15, 0.2) is 72.8 Å². The number of ether oxygens (including phenoxy) is 1. The van der Waals surface area contributed by atoms with Gasteiger partial charge in [-0.2, -0.15) is 13.2 Å². The second-order valence-corrected chi connectivity index (χ2v) is 10.1. The SMILES string of the molecule is O=C(CCCNc1nc2ccccc2[nH]1)NCC(=O)NC(CC(=O)OC(=O)C(F)(F)F)c1ccc(-c2ccc(Cl)cc2)cc1. The van der Waals surface area contributed by atoms with Crippen molar-refractivity contribution < 1.29 is 37.1 Å². The Hall–Kier alpha value is -4.91. The minimum Gasteiger partial charge on any atom is -0.386 e. The molecule has 4 aromatic rings.